The molecule has 3 aliphatic carbocycles. The molecule has 1 aliphatic heterocycles. The van der Waals surface area contributed by atoms with E-state index < -0.39 is 0 Å². The number of imidazole rings is 1. The van der Waals surface area contributed by atoms with E-state index in [2.05, 4.69) is 17.1 Å². The van der Waals surface area contributed by atoms with Gasteiger partial charge in [-0.3, -0.25) is 9.59 Å². The van der Waals surface area contributed by atoms with Crippen LogP contribution in [0.5, 0.6) is 5.75 Å². The molecule has 2 unspecified atom stereocenters. The van der Waals surface area contributed by atoms with Gasteiger partial charge in [0.25, 0.3) is 5.91 Å². The van der Waals surface area contributed by atoms with Crippen molar-refractivity contribution in [1.82, 2.24) is 19.6 Å². The summed E-state index contributed by atoms with van der Waals surface area (Å²) in [6.45, 7) is 2.87. The number of carbonyl (C=O) groups is 2. The molecule has 1 saturated heterocycles. The van der Waals surface area contributed by atoms with E-state index in [1.165, 1.54) is 12.8 Å². The van der Waals surface area contributed by atoms with Crippen molar-refractivity contribution in [2.75, 3.05) is 13.7 Å². The lowest BCUT2D eigenvalue weighted by molar-refractivity contribution is -0.105. The van der Waals surface area contributed by atoms with Gasteiger partial charge in [0, 0.05) is 37.0 Å². The second-order valence-corrected chi connectivity index (χ2v) is 11.2. The molecule has 0 spiro atoms. The van der Waals surface area contributed by atoms with Gasteiger partial charge in [-0.15, -0.1) is 0 Å². The van der Waals surface area contributed by atoms with Crippen LogP contribution in [0.2, 0.25) is 0 Å². The van der Waals surface area contributed by atoms with E-state index >= 15 is 0 Å². The third kappa shape index (κ3) is 4.32. The molecule has 0 aromatic carbocycles. The highest BCUT2D eigenvalue weighted by Gasteiger charge is 2.55. The Kier molecular flexibility index (Phi) is 5.67. The van der Waals surface area contributed by atoms with Crippen molar-refractivity contribution in [3.05, 3.63) is 53.8 Å². The number of carbonyl (C=O) groups excluding carboxylic acids is 2. The van der Waals surface area contributed by atoms with E-state index in [9.17, 15) is 9.59 Å². The standard InChI is InChI=1S/C28H34N4O4/c1-27-10-11-28(17-27,18-35-27)24-15-32-14-22(23(13-25(32)30-24)36-21-6-3-7-21)26(34)29-19(16-33)5-4-12-31(2)20-8-9-20/h4-5,12-16,20-21H,3,6-11,17-18H2,1-2H3,(H,29,34)/b12-4-,19-5+. The van der Waals surface area contributed by atoms with Gasteiger partial charge in [0.05, 0.1) is 35.3 Å². The minimum atomic E-state index is -0.375. The summed E-state index contributed by atoms with van der Waals surface area (Å²) >= 11 is 0. The Bertz CT molecular complexity index is 1250. The van der Waals surface area contributed by atoms with Gasteiger partial charge in [-0.05, 0) is 76.6 Å². The molecule has 4 fully saturated rings. The van der Waals surface area contributed by atoms with Gasteiger partial charge in [0.2, 0.25) is 0 Å². The van der Waals surface area contributed by atoms with Crippen molar-refractivity contribution < 1.29 is 19.1 Å². The Labute approximate surface area is 211 Å². The first-order chi connectivity index (χ1) is 17.4. The van der Waals surface area contributed by atoms with Crippen molar-refractivity contribution in [2.24, 2.45) is 0 Å². The van der Waals surface area contributed by atoms with Crippen LogP contribution in [-0.2, 0) is 14.9 Å². The number of hydrogen-bond donors (Lipinski definition) is 1. The average Bonchev–Trinajstić information content (AvgIpc) is 3.39. The lowest BCUT2D eigenvalue weighted by Crippen LogP contribution is -2.28. The van der Waals surface area contributed by atoms with E-state index in [4.69, 9.17) is 14.5 Å². The number of ether oxygens (including phenoxy) is 2. The summed E-state index contributed by atoms with van der Waals surface area (Å²) < 4.78 is 14.2. The summed E-state index contributed by atoms with van der Waals surface area (Å²) in [5.41, 5.74) is 2.23. The zero-order chi connectivity index (χ0) is 24.9. The predicted octanol–water partition coefficient (Wildman–Crippen LogP) is 3.90. The van der Waals surface area contributed by atoms with E-state index in [1.807, 2.05) is 29.9 Å². The molecule has 3 heterocycles. The highest BCUT2D eigenvalue weighted by molar-refractivity contribution is 6.00. The fourth-order valence-electron chi connectivity index (χ4n) is 5.65. The number of amides is 1. The van der Waals surface area contributed by atoms with Gasteiger partial charge in [-0.1, -0.05) is 0 Å². The Hall–Kier alpha value is -3.13. The van der Waals surface area contributed by atoms with Gasteiger partial charge < -0.3 is 24.1 Å². The van der Waals surface area contributed by atoms with Crippen LogP contribution < -0.4 is 10.1 Å². The van der Waals surface area contributed by atoms with Crippen LogP contribution in [-0.4, -0.2) is 57.9 Å². The summed E-state index contributed by atoms with van der Waals surface area (Å²) in [5.74, 6) is 0.132. The highest BCUT2D eigenvalue weighted by atomic mass is 16.5. The fraction of sp³-hybridized carbons (Fsp3) is 0.536. The number of hydrogen-bond acceptors (Lipinski definition) is 6. The zero-order valence-electron chi connectivity index (χ0n) is 21.0. The highest BCUT2D eigenvalue weighted by Crippen LogP contribution is 2.53. The number of allylic oxidation sites excluding steroid dienone is 3. The molecule has 3 saturated carbocycles. The number of nitrogens with one attached hydrogen (secondary N) is 1. The van der Waals surface area contributed by atoms with Gasteiger partial charge in [0.15, 0.2) is 6.29 Å². The molecular weight excluding hydrogens is 456 g/mol. The van der Waals surface area contributed by atoms with Crippen LogP contribution in [0.25, 0.3) is 5.65 Å². The Morgan fingerprint density at radius 2 is 2.11 bits per heavy atom. The van der Waals surface area contributed by atoms with Crippen LogP contribution in [0.4, 0.5) is 0 Å². The number of pyridine rings is 1. The maximum Gasteiger partial charge on any atom is 0.261 e. The minimum absolute atomic E-state index is 0.0567. The molecule has 2 aromatic heterocycles. The Balaban J connectivity index is 1.28. The third-order valence-electron chi connectivity index (χ3n) is 8.33. The smallest absolute Gasteiger partial charge is 0.261 e. The maximum atomic E-state index is 13.3. The van der Waals surface area contributed by atoms with E-state index in [1.54, 1.807) is 18.3 Å². The maximum absolute atomic E-state index is 13.3. The number of aromatic nitrogens is 2. The molecule has 0 radical (unpaired) electrons. The Morgan fingerprint density at radius 1 is 1.28 bits per heavy atom. The molecule has 36 heavy (non-hydrogen) atoms. The molecule has 8 heteroatoms. The van der Waals surface area contributed by atoms with Crippen LogP contribution in [0.1, 0.15) is 74.3 Å². The summed E-state index contributed by atoms with van der Waals surface area (Å²) in [7, 11) is 2.02. The topological polar surface area (TPSA) is 85.2 Å². The summed E-state index contributed by atoms with van der Waals surface area (Å²) in [6, 6.07) is 2.43. The average molecular weight is 491 g/mol. The van der Waals surface area contributed by atoms with Crippen molar-refractivity contribution >= 4 is 17.8 Å². The molecule has 2 bridgehead atoms. The monoisotopic (exact) mass is 490 g/mol. The first-order valence-electron chi connectivity index (χ1n) is 13.1. The zero-order valence-corrected chi connectivity index (χ0v) is 21.0. The number of rotatable bonds is 9. The van der Waals surface area contributed by atoms with Gasteiger partial charge in [-0.2, -0.15) is 0 Å². The molecule has 2 atom stereocenters. The second-order valence-electron chi connectivity index (χ2n) is 11.2. The van der Waals surface area contributed by atoms with Gasteiger partial charge in [-0.25, -0.2) is 4.98 Å². The molecule has 8 nitrogen and oxygen atoms in total. The molecular formula is C28H34N4O4. The first-order valence-corrected chi connectivity index (χ1v) is 13.1. The largest absolute Gasteiger partial charge is 0.489 e. The molecule has 6 rings (SSSR count). The molecule has 2 aromatic rings. The molecule has 190 valence electrons. The second kappa shape index (κ2) is 8.76. The van der Waals surface area contributed by atoms with E-state index in [0.29, 0.717) is 30.2 Å². The number of nitrogens with zero attached hydrogens (tertiary/aromatic N) is 3. The minimum Gasteiger partial charge on any atom is -0.489 e. The first kappa shape index (κ1) is 23.3. The van der Waals surface area contributed by atoms with Crippen LogP contribution in [0, 0.1) is 0 Å². The Morgan fingerprint density at radius 3 is 2.72 bits per heavy atom. The lowest BCUT2D eigenvalue weighted by Gasteiger charge is -2.27. The quantitative estimate of drug-likeness (QED) is 0.326. The van der Waals surface area contributed by atoms with Gasteiger partial charge in [0.1, 0.15) is 11.4 Å². The van der Waals surface area contributed by atoms with Crippen molar-refractivity contribution in [1.29, 1.82) is 0 Å². The van der Waals surface area contributed by atoms with Crippen molar-refractivity contribution in [3.63, 3.8) is 0 Å². The SMILES string of the molecule is CN(/C=C\C=C(/C=O)NC(=O)c1cn2cc(C34CCC(C)(C3)OC4)nc2cc1OC1CCC1)C1CC1. The normalized spacial score (nSPS) is 28.0. The number of fused-ring (bicyclic) bond motifs is 3. The lowest BCUT2D eigenvalue weighted by atomic mass is 9.84. The van der Waals surface area contributed by atoms with Crippen molar-refractivity contribution in [3.8, 4) is 5.75 Å². The molecule has 1 N–H and O–H groups in total. The van der Waals surface area contributed by atoms with E-state index in [0.717, 1.165) is 49.9 Å². The molecule has 4 aliphatic rings. The van der Waals surface area contributed by atoms with Gasteiger partial charge >= 0.3 is 0 Å². The van der Waals surface area contributed by atoms with Crippen LogP contribution >= 0.6 is 0 Å². The summed E-state index contributed by atoms with van der Waals surface area (Å²) in [5, 5.41) is 2.76. The number of aldehydes is 1. The summed E-state index contributed by atoms with van der Waals surface area (Å²) in [4.78, 5) is 32.1. The van der Waals surface area contributed by atoms with Crippen molar-refractivity contribution in [2.45, 2.75) is 81.5 Å². The molecule has 1 amide bonds. The van der Waals surface area contributed by atoms with E-state index in [-0.39, 0.29) is 28.7 Å². The summed E-state index contributed by atoms with van der Waals surface area (Å²) in [6.07, 6.45) is 18.4. The van der Waals surface area contributed by atoms with Crippen LogP contribution in [0.15, 0.2) is 42.5 Å². The third-order valence-corrected chi connectivity index (χ3v) is 8.33. The fourth-order valence-corrected chi connectivity index (χ4v) is 5.65. The van der Waals surface area contributed by atoms with Crippen LogP contribution in [0.3, 0.4) is 0 Å². The predicted molar refractivity (Wildman–Crippen MR) is 135 cm³/mol.